The predicted molar refractivity (Wildman–Crippen MR) is 72.3 cm³/mol. The third-order valence-electron chi connectivity index (χ3n) is 1.93. The van der Waals surface area contributed by atoms with E-state index in [0.29, 0.717) is 15.7 Å². The molecule has 0 aromatic carbocycles. The Hall–Kier alpha value is 0.380. The molecule has 1 rings (SSSR count). The van der Waals surface area contributed by atoms with Gasteiger partial charge in [0, 0.05) is 11.4 Å². The van der Waals surface area contributed by atoms with Crippen LogP contribution in [0.2, 0.25) is 4.34 Å². The molecule has 16 heavy (non-hydrogen) atoms. The summed E-state index contributed by atoms with van der Waals surface area (Å²) in [6.45, 7) is 4.18. The second-order valence-electron chi connectivity index (χ2n) is 3.49. The molecule has 0 saturated carbocycles. The van der Waals surface area contributed by atoms with Crippen LogP contribution in [0.15, 0.2) is 10.3 Å². The minimum Gasteiger partial charge on any atom is -0.210 e. The molecule has 92 valence electrons. The quantitative estimate of drug-likeness (QED) is 0.832. The Kier molecular flexibility index (Phi) is 5.25. The largest absolute Gasteiger partial charge is 0.250 e. The monoisotopic (exact) mass is 345 g/mol. The number of rotatable bonds is 5. The van der Waals surface area contributed by atoms with Crippen molar-refractivity contribution in [2.75, 3.05) is 6.54 Å². The summed E-state index contributed by atoms with van der Waals surface area (Å²) >= 11 is 10.3. The van der Waals surface area contributed by atoms with Gasteiger partial charge in [-0.15, -0.1) is 11.3 Å². The van der Waals surface area contributed by atoms with Crippen molar-refractivity contribution >= 4 is 48.9 Å². The number of aryl methyl sites for hydroxylation is 1. The highest BCUT2D eigenvalue weighted by molar-refractivity contribution is 9.09. The minimum atomic E-state index is -3.39. The van der Waals surface area contributed by atoms with Crippen molar-refractivity contribution in [2.24, 2.45) is 0 Å². The third-order valence-corrected chi connectivity index (χ3v) is 5.88. The number of hydrogen-bond acceptors (Lipinski definition) is 3. The van der Waals surface area contributed by atoms with Crippen molar-refractivity contribution in [2.45, 2.75) is 29.3 Å². The fourth-order valence-corrected chi connectivity index (χ4v) is 4.06. The maximum Gasteiger partial charge on any atom is 0.250 e. The molecular weight excluding hydrogens is 334 g/mol. The Bertz CT molecular complexity index is 437. The van der Waals surface area contributed by atoms with Gasteiger partial charge < -0.3 is 0 Å². The van der Waals surface area contributed by atoms with Crippen molar-refractivity contribution < 1.29 is 8.42 Å². The van der Waals surface area contributed by atoms with E-state index in [1.165, 1.54) is 0 Å². The van der Waals surface area contributed by atoms with Crippen LogP contribution in [0.5, 0.6) is 0 Å². The van der Waals surface area contributed by atoms with E-state index in [9.17, 15) is 8.42 Å². The summed E-state index contributed by atoms with van der Waals surface area (Å²) in [5.41, 5.74) is 0.793. The molecule has 0 radical (unpaired) electrons. The summed E-state index contributed by atoms with van der Waals surface area (Å²) in [5, 5.41) is 0. The molecular formula is C9H13BrClNO2S2. The van der Waals surface area contributed by atoms with Crippen molar-refractivity contribution in [1.82, 2.24) is 4.72 Å². The normalized spacial score (nSPS) is 14.0. The maximum atomic E-state index is 11.8. The average molecular weight is 347 g/mol. The highest BCUT2D eigenvalue weighted by Crippen LogP contribution is 2.29. The van der Waals surface area contributed by atoms with Crippen LogP contribution < -0.4 is 4.72 Å². The fourth-order valence-electron chi connectivity index (χ4n) is 1.03. The smallest absolute Gasteiger partial charge is 0.210 e. The number of hydrogen-bond donors (Lipinski definition) is 1. The van der Waals surface area contributed by atoms with Gasteiger partial charge in [-0.3, -0.25) is 0 Å². The molecule has 0 aliphatic rings. The lowest BCUT2D eigenvalue weighted by Gasteiger charge is -2.05. The van der Waals surface area contributed by atoms with Gasteiger partial charge >= 0.3 is 0 Å². The van der Waals surface area contributed by atoms with Crippen LogP contribution in [-0.4, -0.2) is 19.8 Å². The molecule has 0 amide bonds. The Morgan fingerprint density at radius 2 is 2.25 bits per heavy atom. The summed E-state index contributed by atoms with van der Waals surface area (Å²) in [6, 6.07) is 1.59. The summed E-state index contributed by atoms with van der Waals surface area (Å²) < 4.78 is 26.9. The second kappa shape index (κ2) is 5.82. The van der Waals surface area contributed by atoms with Gasteiger partial charge in [-0.05, 0) is 25.0 Å². The molecule has 0 spiro atoms. The van der Waals surface area contributed by atoms with Crippen LogP contribution in [0, 0.1) is 6.92 Å². The lowest BCUT2D eigenvalue weighted by molar-refractivity contribution is 0.581. The summed E-state index contributed by atoms with van der Waals surface area (Å²) in [6.07, 6.45) is 0.747. The van der Waals surface area contributed by atoms with E-state index in [2.05, 4.69) is 20.7 Å². The average Bonchev–Trinajstić information content (AvgIpc) is 2.46. The van der Waals surface area contributed by atoms with Crippen molar-refractivity contribution in [3.8, 4) is 0 Å². The molecule has 0 aliphatic carbocycles. The molecule has 0 bridgehead atoms. The van der Waals surface area contributed by atoms with E-state index in [4.69, 9.17) is 11.6 Å². The Balaban J connectivity index is 2.71. The van der Waals surface area contributed by atoms with Crippen LogP contribution in [0.25, 0.3) is 0 Å². The number of nitrogens with one attached hydrogen (secondary N) is 1. The van der Waals surface area contributed by atoms with Gasteiger partial charge in [-0.2, -0.15) is 0 Å². The van der Waals surface area contributed by atoms with E-state index in [-0.39, 0.29) is 4.21 Å². The number of thiophene rings is 1. The third kappa shape index (κ3) is 4.00. The summed E-state index contributed by atoms with van der Waals surface area (Å²) in [7, 11) is -3.39. The highest BCUT2D eigenvalue weighted by Gasteiger charge is 2.17. The van der Waals surface area contributed by atoms with Crippen LogP contribution >= 0.6 is 38.9 Å². The van der Waals surface area contributed by atoms with Gasteiger partial charge in [0.1, 0.15) is 4.21 Å². The zero-order valence-corrected chi connectivity index (χ0v) is 12.9. The number of halogens is 2. The van der Waals surface area contributed by atoms with Gasteiger partial charge in [0.25, 0.3) is 0 Å². The van der Waals surface area contributed by atoms with Gasteiger partial charge in [0.2, 0.25) is 10.0 Å². The summed E-state index contributed by atoms with van der Waals surface area (Å²) in [4.78, 5) is 0.295. The molecule has 0 saturated heterocycles. The van der Waals surface area contributed by atoms with Crippen molar-refractivity contribution in [3.05, 3.63) is 16.0 Å². The molecule has 7 heteroatoms. The van der Waals surface area contributed by atoms with Crippen LogP contribution in [0.3, 0.4) is 0 Å². The minimum absolute atomic E-state index is 0.275. The molecule has 1 unspecified atom stereocenters. The molecule has 1 atom stereocenters. The van der Waals surface area contributed by atoms with E-state index < -0.39 is 10.0 Å². The summed E-state index contributed by atoms with van der Waals surface area (Å²) in [5.74, 6) is 0. The second-order valence-corrected chi connectivity index (χ2v) is 8.70. The lowest BCUT2D eigenvalue weighted by atomic mass is 10.3. The molecule has 1 N–H and O–H groups in total. The van der Waals surface area contributed by atoms with E-state index in [1.54, 1.807) is 13.0 Å². The zero-order valence-electron chi connectivity index (χ0n) is 8.96. The molecule has 1 aromatic heterocycles. The number of alkyl halides is 1. The molecule has 1 aromatic rings. The predicted octanol–water partition coefficient (Wildman–Crippen LogP) is 3.16. The molecule has 0 fully saturated rings. The first-order chi connectivity index (χ1) is 7.33. The van der Waals surface area contributed by atoms with Gasteiger partial charge in [-0.25, -0.2) is 13.1 Å². The standard InChI is InChI=1S/C9H13BrClNO2S2/c1-6-5-8(15-9(6)11)16(13,14)12-4-3-7(2)10/h5,7,12H,3-4H2,1-2H3. The Morgan fingerprint density at radius 3 is 2.69 bits per heavy atom. The zero-order chi connectivity index (χ0) is 12.3. The first-order valence-electron chi connectivity index (χ1n) is 4.72. The molecule has 3 nitrogen and oxygen atoms in total. The van der Waals surface area contributed by atoms with Crippen molar-refractivity contribution in [1.29, 1.82) is 0 Å². The highest BCUT2D eigenvalue weighted by atomic mass is 79.9. The van der Waals surface area contributed by atoms with E-state index in [0.717, 1.165) is 23.3 Å². The van der Waals surface area contributed by atoms with Gasteiger partial charge in [0.15, 0.2) is 0 Å². The topological polar surface area (TPSA) is 46.2 Å². The van der Waals surface area contributed by atoms with Crippen LogP contribution in [-0.2, 0) is 10.0 Å². The maximum absolute atomic E-state index is 11.8. The first kappa shape index (κ1) is 14.4. The molecule has 1 heterocycles. The molecule has 0 aliphatic heterocycles. The van der Waals surface area contributed by atoms with E-state index in [1.807, 2.05) is 6.92 Å². The van der Waals surface area contributed by atoms with Crippen molar-refractivity contribution in [3.63, 3.8) is 0 Å². The van der Waals surface area contributed by atoms with Crippen LogP contribution in [0.4, 0.5) is 0 Å². The first-order valence-corrected chi connectivity index (χ1v) is 8.32. The van der Waals surface area contributed by atoms with E-state index >= 15 is 0 Å². The Labute approximate surface area is 113 Å². The number of sulfonamides is 1. The van der Waals surface area contributed by atoms with Crippen LogP contribution in [0.1, 0.15) is 18.9 Å². The Morgan fingerprint density at radius 1 is 1.62 bits per heavy atom. The SMILES string of the molecule is Cc1cc(S(=O)(=O)NCCC(C)Br)sc1Cl. The fraction of sp³-hybridized carbons (Fsp3) is 0.556. The lowest BCUT2D eigenvalue weighted by Crippen LogP contribution is -2.25. The van der Waals surface area contributed by atoms with Gasteiger partial charge in [0.05, 0.1) is 4.34 Å². The van der Waals surface area contributed by atoms with Gasteiger partial charge in [-0.1, -0.05) is 34.5 Å².